The lowest BCUT2D eigenvalue weighted by Crippen LogP contribution is -2.13. The van der Waals surface area contributed by atoms with Gasteiger partial charge >= 0.3 is 0 Å². The second kappa shape index (κ2) is 7.77. The fraction of sp³-hybridized carbons (Fsp3) is 0.143. The summed E-state index contributed by atoms with van der Waals surface area (Å²) in [6.45, 7) is 1.92. The number of pyridine rings is 1. The summed E-state index contributed by atoms with van der Waals surface area (Å²) >= 11 is 7.76. The molecule has 6 nitrogen and oxygen atoms in total. The lowest BCUT2D eigenvalue weighted by molar-refractivity contribution is -0.117. The number of hydrogen-bond donors (Lipinski definition) is 2. The van der Waals surface area contributed by atoms with Gasteiger partial charge in [-0.05, 0) is 19.1 Å². The number of imidazole rings is 1. The summed E-state index contributed by atoms with van der Waals surface area (Å²) in [7, 11) is 0. The van der Waals surface area contributed by atoms with Crippen molar-refractivity contribution in [1.29, 1.82) is 0 Å². The topological polar surface area (TPSA) is 95.6 Å². The van der Waals surface area contributed by atoms with Gasteiger partial charge in [-0.15, -0.1) is 11.3 Å². The summed E-state index contributed by atoms with van der Waals surface area (Å²) in [5, 5.41) is 0.631. The monoisotopic (exact) mass is 426 g/mol. The van der Waals surface area contributed by atoms with Crippen molar-refractivity contribution in [3.05, 3.63) is 70.3 Å². The second-order valence-corrected chi connectivity index (χ2v) is 8.20. The molecule has 3 heterocycles. The van der Waals surface area contributed by atoms with Crippen LogP contribution in [-0.4, -0.2) is 15.3 Å². The van der Waals surface area contributed by atoms with Crippen molar-refractivity contribution in [2.75, 3.05) is 5.73 Å². The number of carbonyl (C=O) groups excluding carboxylic acids is 1. The van der Waals surface area contributed by atoms with Gasteiger partial charge in [0.2, 0.25) is 5.91 Å². The third kappa shape index (κ3) is 3.92. The molecule has 1 unspecified atom stereocenters. The first-order chi connectivity index (χ1) is 13.9. The molecule has 148 valence electrons. The van der Waals surface area contributed by atoms with Gasteiger partial charge in [0.25, 0.3) is 0 Å². The first-order valence-corrected chi connectivity index (χ1v) is 10.2. The van der Waals surface area contributed by atoms with Crippen LogP contribution in [0.5, 0.6) is 5.75 Å². The van der Waals surface area contributed by atoms with Crippen LogP contribution in [0.4, 0.5) is 5.69 Å². The van der Waals surface area contributed by atoms with E-state index in [0.29, 0.717) is 16.5 Å². The summed E-state index contributed by atoms with van der Waals surface area (Å²) in [4.78, 5) is 17.7. The molecule has 0 bridgehead atoms. The molecule has 4 N–H and O–H groups in total. The van der Waals surface area contributed by atoms with E-state index in [9.17, 15) is 4.79 Å². The molecular formula is C21H19ClN4O2S. The summed E-state index contributed by atoms with van der Waals surface area (Å²) in [6.07, 6.45) is 3.45. The molecule has 3 aromatic heterocycles. The smallest absolute Gasteiger partial charge is 0.222 e. The SMILES string of the molecule is CC(Oc1cc(-c2cnc3cc(N)ccn23)sc1CC(N)=O)c1ccccc1Cl. The molecule has 0 radical (unpaired) electrons. The number of nitrogen functional groups attached to an aromatic ring is 1. The molecule has 0 aliphatic carbocycles. The third-order valence-electron chi connectivity index (χ3n) is 4.54. The van der Waals surface area contributed by atoms with Crippen molar-refractivity contribution in [3.8, 4) is 16.3 Å². The Bertz CT molecular complexity index is 1200. The first-order valence-electron chi connectivity index (χ1n) is 8.97. The second-order valence-electron chi connectivity index (χ2n) is 6.65. The number of rotatable bonds is 6. The van der Waals surface area contributed by atoms with E-state index in [2.05, 4.69) is 4.98 Å². The Labute approximate surface area is 176 Å². The number of fused-ring (bicyclic) bond motifs is 1. The number of primary amides is 1. The van der Waals surface area contributed by atoms with Gasteiger partial charge in [-0.3, -0.25) is 9.20 Å². The predicted octanol–water partition coefficient (Wildman–Crippen LogP) is 4.47. The van der Waals surface area contributed by atoms with Crippen LogP contribution in [-0.2, 0) is 11.2 Å². The summed E-state index contributed by atoms with van der Waals surface area (Å²) in [6, 6.07) is 13.1. The number of thiophene rings is 1. The highest BCUT2D eigenvalue weighted by molar-refractivity contribution is 7.15. The third-order valence-corrected chi connectivity index (χ3v) is 6.02. The molecule has 0 aliphatic rings. The predicted molar refractivity (Wildman–Crippen MR) is 116 cm³/mol. The minimum absolute atomic E-state index is 0.0962. The van der Waals surface area contributed by atoms with Gasteiger partial charge in [0.15, 0.2) is 0 Å². The molecule has 1 aromatic carbocycles. The molecule has 0 saturated carbocycles. The van der Waals surface area contributed by atoms with E-state index in [-0.39, 0.29) is 12.5 Å². The molecule has 1 amide bonds. The molecule has 0 spiro atoms. The van der Waals surface area contributed by atoms with Gasteiger partial charge < -0.3 is 16.2 Å². The van der Waals surface area contributed by atoms with Crippen molar-refractivity contribution in [2.24, 2.45) is 5.73 Å². The number of anilines is 1. The fourth-order valence-electron chi connectivity index (χ4n) is 3.16. The lowest BCUT2D eigenvalue weighted by atomic mass is 10.1. The first kappa shape index (κ1) is 19.3. The standard InChI is InChI=1S/C21H19ClN4O2S/c1-12(14-4-2-3-5-15(14)22)28-17-9-18(29-19(17)10-20(24)27)16-11-25-21-8-13(23)6-7-26(16)21/h2-9,11-12H,10,23H2,1H3,(H2,24,27). The Morgan fingerprint density at radius 2 is 2.10 bits per heavy atom. The molecule has 0 saturated heterocycles. The van der Waals surface area contributed by atoms with E-state index in [4.69, 9.17) is 27.8 Å². The van der Waals surface area contributed by atoms with Crippen LogP contribution in [0, 0.1) is 0 Å². The number of hydrogen-bond acceptors (Lipinski definition) is 5. The zero-order valence-electron chi connectivity index (χ0n) is 15.6. The zero-order valence-corrected chi connectivity index (χ0v) is 17.2. The quantitative estimate of drug-likeness (QED) is 0.475. The van der Waals surface area contributed by atoms with Crippen LogP contribution >= 0.6 is 22.9 Å². The molecular weight excluding hydrogens is 408 g/mol. The Balaban J connectivity index is 1.72. The minimum atomic E-state index is -0.417. The van der Waals surface area contributed by atoms with Crippen molar-refractivity contribution in [3.63, 3.8) is 0 Å². The maximum atomic E-state index is 11.6. The van der Waals surface area contributed by atoms with Gasteiger partial charge in [-0.2, -0.15) is 0 Å². The van der Waals surface area contributed by atoms with Crippen molar-refractivity contribution < 1.29 is 9.53 Å². The largest absolute Gasteiger partial charge is 0.485 e. The van der Waals surface area contributed by atoms with Crippen LogP contribution in [0.15, 0.2) is 54.9 Å². The molecule has 0 aliphatic heterocycles. The van der Waals surface area contributed by atoms with Crippen LogP contribution in [0.3, 0.4) is 0 Å². The van der Waals surface area contributed by atoms with E-state index >= 15 is 0 Å². The molecule has 29 heavy (non-hydrogen) atoms. The highest BCUT2D eigenvalue weighted by atomic mass is 35.5. The van der Waals surface area contributed by atoms with Gasteiger partial charge in [0.1, 0.15) is 17.5 Å². The molecule has 1 atom stereocenters. The molecule has 0 fully saturated rings. The number of aromatic nitrogens is 2. The Hall–Kier alpha value is -3.03. The zero-order chi connectivity index (χ0) is 20.5. The van der Waals surface area contributed by atoms with Gasteiger partial charge in [0, 0.05) is 34.6 Å². The van der Waals surface area contributed by atoms with Crippen LogP contribution in [0.1, 0.15) is 23.5 Å². The van der Waals surface area contributed by atoms with Crippen molar-refractivity contribution >= 4 is 40.2 Å². The average molecular weight is 427 g/mol. The van der Waals surface area contributed by atoms with E-state index in [1.54, 1.807) is 12.3 Å². The number of amides is 1. The molecule has 8 heteroatoms. The fourth-order valence-corrected chi connectivity index (χ4v) is 4.56. The Morgan fingerprint density at radius 1 is 1.31 bits per heavy atom. The highest BCUT2D eigenvalue weighted by Gasteiger charge is 2.19. The van der Waals surface area contributed by atoms with E-state index in [0.717, 1.165) is 26.7 Å². The summed E-state index contributed by atoms with van der Waals surface area (Å²) in [5.74, 6) is 0.196. The maximum absolute atomic E-state index is 11.6. The lowest BCUT2D eigenvalue weighted by Gasteiger charge is -2.16. The van der Waals surface area contributed by atoms with Crippen LogP contribution in [0.25, 0.3) is 16.2 Å². The molecule has 4 aromatic rings. The summed E-state index contributed by atoms with van der Waals surface area (Å²) < 4.78 is 8.13. The number of nitrogens with zero attached hydrogens (tertiary/aromatic N) is 2. The number of halogens is 1. The van der Waals surface area contributed by atoms with E-state index < -0.39 is 5.91 Å². The van der Waals surface area contributed by atoms with E-state index in [1.165, 1.54) is 11.3 Å². The average Bonchev–Trinajstić information content (AvgIpc) is 3.25. The Kier molecular flexibility index (Phi) is 5.17. The number of nitrogens with two attached hydrogens (primary N) is 2. The number of ether oxygens (including phenoxy) is 1. The molecule has 4 rings (SSSR count). The van der Waals surface area contributed by atoms with Gasteiger partial charge in [0.05, 0.1) is 28.1 Å². The van der Waals surface area contributed by atoms with Gasteiger partial charge in [-0.25, -0.2) is 4.98 Å². The normalized spacial score (nSPS) is 12.2. The van der Waals surface area contributed by atoms with Crippen LogP contribution < -0.4 is 16.2 Å². The maximum Gasteiger partial charge on any atom is 0.222 e. The Morgan fingerprint density at radius 3 is 2.86 bits per heavy atom. The minimum Gasteiger partial charge on any atom is -0.485 e. The van der Waals surface area contributed by atoms with Crippen molar-refractivity contribution in [2.45, 2.75) is 19.4 Å². The number of carbonyl (C=O) groups is 1. The van der Waals surface area contributed by atoms with E-state index in [1.807, 2.05) is 53.9 Å². The number of benzene rings is 1. The van der Waals surface area contributed by atoms with Crippen LogP contribution in [0.2, 0.25) is 5.02 Å². The highest BCUT2D eigenvalue weighted by Crippen LogP contribution is 2.39. The summed E-state index contributed by atoms with van der Waals surface area (Å²) in [5.41, 5.74) is 14.4. The van der Waals surface area contributed by atoms with Crippen molar-refractivity contribution in [1.82, 2.24) is 9.38 Å². The van der Waals surface area contributed by atoms with Gasteiger partial charge in [-0.1, -0.05) is 29.8 Å².